The van der Waals surface area contributed by atoms with E-state index in [-0.39, 0.29) is 11.8 Å². The molecule has 6 heteroatoms. The summed E-state index contributed by atoms with van der Waals surface area (Å²) in [5, 5.41) is 11.7. The van der Waals surface area contributed by atoms with Crippen LogP contribution in [-0.2, 0) is 0 Å². The van der Waals surface area contributed by atoms with Gasteiger partial charge in [-0.05, 0) is 31.2 Å². The summed E-state index contributed by atoms with van der Waals surface area (Å²) in [7, 11) is 0. The van der Waals surface area contributed by atoms with Crippen LogP contribution in [0.1, 0.15) is 16.2 Å². The van der Waals surface area contributed by atoms with Crippen LogP contribution in [0.3, 0.4) is 0 Å². The Bertz CT molecular complexity index is 548. The summed E-state index contributed by atoms with van der Waals surface area (Å²) < 4.78 is 6.03. The number of aryl methyl sites for hydroxylation is 1. The first kappa shape index (κ1) is 11.7. The van der Waals surface area contributed by atoms with Gasteiger partial charge in [0, 0.05) is 10.2 Å². The summed E-state index contributed by atoms with van der Waals surface area (Å²) >= 11 is 3.32. The van der Waals surface area contributed by atoms with Crippen LogP contribution in [0, 0.1) is 6.92 Å². The van der Waals surface area contributed by atoms with E-state index in [1.54, 1.807) is 6.92 Å². The summed E-state index contributed by atoms with van der Waals surface area (Å²) in [6.07, 6.45) is 0. The average molecular weight is 297 g/mol. The first-order chi connectivity index (χ1) is 8.06. The second-order valence-corrected chi connectivity index (χ2v) is 4.29. The Morgan fingerprint density at radius 2 is 2.06 bits per heavy atom. The van der Waals surface area contributed by atoms with E-state index in [2.05, 4.69) is 26.2 Å². The molecule has 2 rings (SSSR count). The highest BCUT2D eigenvalue weighted by molar-refractivity contribution is 9.10. The van der Waals surface area contributed by atoms with Gasteiger partial charge in [0.25, 0.3) is 6.01 Å². The Kier molecular flexibility index (Phi) is 3.14. The lowest BCUT2D eigenvalue weighted by molar-refractivity contribution is 0.0662. The number of carboxylic acid groups (broad SMARTS) is 1. The lowest BCUT2D eigenvalue weighted by Gasteiger charge is -2.00. The number of carbonyl (C=O) groups is 1. The Morgan fingerprint density at radius 1 is 1.41 bits per heavy atom. The van der Waals surface area contributed by atoms with Gasteiger partial charge in [-0.2, -0.15) is 4.98 Å². The van der Waals surface area contributed by atoms with Crippen molar-refractivity contribution in [3.8, 4) is 0 Å². The molecule has 0 radical (unpaired) electrons. The molecule has 88 valence electrons. The van der Waals surface area contributed by atoms with Crippen LogP contribution in [0.5, 0.6) is 0 Å². The number of benzene rings is 1. The van der Waals surface area contributed by atoms with E-state index < -0.39 is 5.97 Å². The van der Waals surface area contributed by atoms with Gasteiger partial charge in [-0.3, -0.25) is 0 Å². The smallest absolute Gasteiger partial charge is 0.373 e. The Morgan fingerprint density at radius 3 is 2.59 bits per heavy atom. The monoisotopic (exact) mass is 296 g/mol. The average Bonchev–Trinajstić information content (AvgIpc) is 2.63. The number of hydrogen-bond donors (Lipinski definition) is 2. The lowest BCUT2D eigenvalue weighted by Crippen LogP contribution is -1.95. The zero-order valence-electron chi connectivity index (χ0n) is 8.90. The van der Waals surface area contributed by atoms with E-state index in [0.717, 1.165) is 10.2 Å². The quantitative estimate of drug-likeness (QED) is 0.910. The number of anilines is 2. The van der Waals surface area contributed by atoms with Crippen molar-refractivity contribution in [2.24, 2.45) is 0 Å². The molecule has 2 aromatic rings. The van der Waals surface area contributed by atoms with Gasteiger partial charge in [-0.1, -0.05) is 15.9 Å². The van der Waals surface area contributed by atoms with Crippen molar-refractivity contribution >= 4 is 33.6 Å². The van der Waals surface area contributed by atoms with Crippen molar-refractivity contribution in [3.05, 3.63) is 40.2 Å². The summed E-state index contributed by atoms with van der Waals surface area (Å²) in [6, 6.07) is 7.53. The van der Waals surface area contributed by atoms with Crippen LogP contribution in [0.15, 0.2) is 33.2 Å². The van der Waals surface area contributed by atoms with Crippen LogP contribution in [0.25, 0.3) is 0 Å². The maximum absolute atomic E-state index is 10.8. The van der Waals surface area contributed by atoms with Gasteiger partial charge in [-0.15, -0.1) is 0 Å². The number of aromatic carboxylic acids is 1. The number of hydrogen-bond acceptors (Lipinski definition) is 4. The molecule has 0 unspecified atom stereocenters. The maximum Gasteiger partial charge on any atom is 0.373 e. The predicted octanol–water partition coefficient (Wildman–Crippen LogP) is 3.19. The molecule has 0 spiro atoms. The summed E-state index contributed by atoms with van der Waals surface area (Å²) in [4.78, 5) is 14.7. The van der Waals surface area contributed by atoms with Crippen LogP contribution in [0.4, 0.5) is 11.7 Å². The second kappa shape index (κ2) is 4.58. The molecule has 17 heavy (non-hydrogen) atoms. The number of aromatic nitrogens is 1. The van der Waals surface area contributed by atoms with Gasteiger partial charge in [0.2, 0.25) is 5.76 Å². The van der Waals surface area contributed by atoms with Crippen molar-refractivity contribution in [2.75, 3.05) is 5.32 Å². The highest BCUT2D eigenvalue weighted by Gasteiger charge is 2.15. The fraction of sp³-hybridized carbons (Fsp3) is 0.0909. The van der Waals surface area contributed by atoms with Gasteiger partial charge in [0.05, 0.1) is 5.69 Å². The highest BCUT2D eigenvalue weighted by Crippen LogP contribution is 2.20. The zero-order chi connectivity index (χ0) is 12.4. The molecular weight excluding hydrogens is 288 g/mol. The molecule has 0 amide bonds. The highest BCUT2D eigenvalue weighted by atomic mass is 79.9. The number of nitrogens with zero attached hydrogens (tertiary/aromatic N) is 1. The Labute approximate surface area is 106 Å². The lowest BCUT2D eigenvalue weighted by atomic mass is 10.3. The molecule has 0 saturated heterocycles. The van der Waals surface area contributed by atoms with E-state index in [0.29, 0.717) is 5.69 Å². The van der Waals surface area contributed by atoms with Crippen LogP contribution in [-0.4, -0.2) is 16.1 Å². The van der Waals surface area contributed by atoms with Gasteiger partial charge in [0.1, 0.15) is 0 Å². The van der Waals surface area contributed by atoms with Crippen LogP contribution in [0.2, 0.25) is 0 Å². The largest absolute Gasteiger partial charge is 0.475 e. The van der Waals surface area contributed by atoms with E-state index >= 15 is 0 Å². The summed E-state index contributed by atoms with van der Waals surface area (Å²) in [6.45, 7) is 1.58. The minimum Gasteiger partial charge on any atom is -0.475 e. The van der Waals surface area contributed by atoms with Gasteiger partial charge in [-0.25, -0.2) is 4.79 Å². The molecule has 5 nitrogen and oxygen atoms in total. The van der Waals surface area contributed by atoms with Crippen molar-refractivity contribution in [3.63, 3.8) is 0 Å². The Hall–Kier alpha value is -1.82. The zero-order valence-corrected chi connectivity index (χ0v) is 10.5. The number of halogens is 1. The normalized spacial score (nSPS) is 10.2. The van der Waals surface area contributed by atoms with Crippen molar-refractivity contribution in [1.29, 1.82) is 0 Å². The minimum atomic E-state index is -1.13. The third kappa shape index (κ3) is 2.65. The number of nitrogens with one attached hydrogen (secondary N) is 1. The third-order valence-electron chi connectivity index (χ3n) is 2.09. The third-order valence-corrected chi connectivity index (χ3v) is 2.61. The van der Waals surface area contributed by atoms with E-state index in [1.165, 1.54) is 0 Å². The van der Waals surface area contributed by atoms with Crippen LogP contribution < -0.4 is 5.32 Å². The number of oxazole rings is 1. The molecule has 1 aromatic carbocycles. The van der Waals surface area contributed by atoms with E-state index in [4.69, 9.17) is 9.52 Å². The molecule has 0 aliphatic heterocycles. The van der Waals surface area contributed by atoms with Crippen LogP contribution >= 0.6 is 15.9 Å². The van der Waals surface area contributed by atoms with Crippen molar-refractivity contribution in [2.45, 2.75) is 6.92 Å². The minimum absolute atomic E-state index is 0.149. The van der Waals surface area contributed by atoms with Crippen molar-refractivity contribution in [1.82, 2.24) is 4.98 Å². The molecule has 1 aromatic heterocycles. The number of rotatable bonds is 3. The molecule has 2 N–H and O–H groups in total. The fourth-order valence-electron chi connectivity index (χ4n) is 1.31. The van der Waals surface area contributed by atoms with Gasteiger partial charge < -0.3 is 14.8 Å². The molecule has 0 saturated carbocycles. The summed E-state index contributed by atoms with van der Waals surface area (Å²) in [5.74, 6) is -1.27. The molecular formula is C11H9BrN2O3. The summed E-state index contributed by atoms with van der Waals surface area (Å²) in [5.41, 5.74) is 1.11. The molecule has 0 fully saturated rings. The predicted molar refractivity (Wildman–Crippen MR) is 65.6 cm³/mol. The topological polar surface area (TPSA) is 75.4 Å². The van der Waals surface area contributed by atoms with Gasteiger partial charge in [0.15, 0.2) is 0 Å². The standard InChI is InChI=1S/C11H9BrN2O3/c1-6-9(10(15)16)17-11(13-6)14-8-4-2-7(12)3-5-8/h2-5H,1H3,(H,13,14)(H,15,16). The van der Waals surface area contributed by atoms with E-state index in [1.807, 2.05) is 24.3 Å². The number of carboxylic acids is 1. The SMILES string of the molecule is Cc1nc(Nc2ccc(Br)cc2)oc1C(=O)O. The fourth-order valence-corrected chi connectivity index (χ4v) is 1.57. The maximum atomic E-state index is 10.8. The molecule has 1 heterocycles. The van der Waals surface area contributed by atoms with Crippen molar-refractivity contribution < 1.29 is 14.3 Å². The second-order valence-electron chi connectivity index (χ2n) is 3.37. The molecule has 0 aliphatic rings. The molecule has 0 atom stereocenters. The van der Waals surface area contributed by atoms with Gasteiger partial charge >= 0.3 is 5.97 Å². The molecule has 0 bridgehead atoms. The first-order valence-corrected chi connectivity index (χ1v) is 5.59. The van der Waals surface area contributed by atoms with E-state index in [9.17, 15) is 4.79 Å². The Balaban J connectivity index is 2.22. The first-order valence-electron chi connectivity index (χ1n) is 4.79. The molecule has 0 aliphatic carbocycles.